The van der Waals surface area contributed by atoms with Crippen LogP contribution in [0.3, 0.4) is 0 Å². The molecule has 0 aliphatic rings. The SMILES string of the molecule is CC(C)(CO)NCc1cc(Br)ccc1OCc1cccc(Cl)c1. The van der Waals surface area contributed by atoms with Crippen LogP contribution in [0.25, 0.3) is 0 Å². The highest BCUT2D eigenvalue weighted by Crippen LogP contribution is 2.25. The molecule has 0 aromatic heterocycles. The normalized spacial score (nSPS) is 11.5. The number of ether oxygens (including phenoxy) is 1. The Kier molecular flexibility index (Phi) is 6.48. The number of hydrogen-bond acceptors (Lipinski definition) is 3. The van der Waals surface area contributed by atoms with Gasteiger partial charge in [0.25, 0.3) is 0 Å². The maximum Gasteiger partial charge on any atom is 0.124 e. The average Bonchev–Trinajstić information content (AvgIpc) is 2.52. The number of rotatable bonds is 7. The van der Waals surface area contributed by atoms with Crippen molar-refractivity contribution >= 4 is 27.5 Å². The Labute approximate surface area is 150 Å². The fourth-order valence-corrected chi connectivity index (χ4v) is 2.63. The highest BCUT2D eigenvalue weighted by molar-refractivity contribution is 9.10. The van der Waals surface area contributed by atoms with Crippen LogP contribution < -0.4 is 10.1 Å². The number of nitrogens with one attached hydrogen (secondary N) is 1. The molecule has 2 aromatic carbocycles. The van der Waals surface area contributed by atoms with Gasteiger partial charge in [0.05, 0.1) is 6.61 Å². The molecule has 0 spiro atoms. The van der Waals surface area contributed by atoms with E-state index in [-0.39, 0.29) is 12.1 Å². The number of aliphatic hydroxyl groups is 1. The fraction of sp³-hybridized carbons (Fsp3) is 0.333. The van der Waals surface area contributed by atoms with Gasteiger partial charge in [-0.1, -0.05) is 39.7 Å². The van der Waals surface area contributed by atoms with Crippen LogP contribution in [-0.4, -0.2) is 17.3 Å². The van der Waals surface area contributed by atoms with E-state index in [4.69, 9.17) is 16.3 Å². The van der Waals surface area contributed by atoms with Crippen molar-refractivity contribution in [3.05, 3.63) is 63.1 Å². The lowest BCUT2D eigenvalue weighted by Crippen LogP contribution is -2.42. The lowest BCUT2D eigenvalue weighted by molar-refractivity contribution is 0.186. The Morgan fingerprint density at radius 2 is 2.00 bits per heavy atom. The first kappa shape index (κ1) is 18.3. The molecule has 0 fully saturated rings. The molecule has 5 heteroatoms. The molecule has 2 N–H and O–H groups in total. The summed E-state index contributed by atoms with van der Waals surface area (Å²) >= 11 is 9.49. The quantitative estimate of drug-likeness (QED) is 0.719. The molecule has 0 aliphatic carbocycles. The minimum atomic E-state index is -0.341. The van der Waals surface area contributed by atoms with Gasteiger partial charge in [-0.05, 0) is 49.7 Å². The monoisotopic (exact) mass is 397 g/mol. The molecular weight excluding hydrogens is 378 g/mol. The Bertz CT molecular complexity index is 661. The zero-order chi connectivity index (χ0) is 16.9. The predicted octanol–water partition coefficient (Wildman–Crippen LogP) is 4.54. The third kappa shape index (κ3) is 5.81. The Morgan fingerprint density at radius 1 is 1.22 bits per heavy atom. The molecule has 0 heterocycles. The molecule has 0 saturated carbocycles. The molecule has 2 rings (SSSR count). The van der Waals surface area contributed by atoms with Gasteiger partial charge in [0.1, 0.15) is 12.4 Å². The summed E-state index contributed by atoms with van der Waals surface area (Å²) in [7, 11) is 0. The molecule has 3 nitrogen and oxygen atoms in total. The second-order valence-corrected chi connectivity index (χ2v) is 7.42. The fourth-order valence-electron chi connectivity index (χ4n) is 2.01. The van der Waals surface area contributed by atoms with Gasteiger partial charge in [0, 0.05) is 27.1 Å². The predicted molar refractivity (Wildman–Crippen MR) is 97.9 cm³/mol. The molecule has 2 aromatic rings. The smallest absolute Gasteiger partial charge is 0.124 e. The molecule has 0 radical (unpaired) electrons. The van der Waals surface area contributed by atoms with Gasteiger partial charge in [-0.15, -0.1) is 0 Å². The molecule has 0 amide bonds. The van der Waals surface area contributed by atoms with Crippen LogP contribution in [0.4, 0.5) is 0 Å². The summed E-state index contributed by atoms with van der Waals surface area (Å²) in [5.74, 6) is 0.814. The first-order valence-corrected chi connectivity index (χ1v) is 8.58. The second-order valence-electron chi connectivity index (χ2n) is 6.07. The van der Waals surface area contributed by atoms with Crippen LogP contribution in [0.15, 0.2) is 46.9 Å². The Balaban J connectivity index is 2.09. The number of benzene rings is 2. The largest absolute Gasteiger partial charge is 0.489 e. The molecule has 0 atom stereocenters. The summed E-state index contributed by atoms with van der Waals surface area (Å²) in [6.07, 6.45) is 0. The van der Waals surface area contributed by atoms with Crippen LogP contribution in [0.2, 0.25) is 5.02 Å². The van der Waals surface area contributed by atoms with Gasteiger partial charge < -0.3 is 15.2 Å². The van der Waals surface area contributed by atoms with E-state index >= 15 is 0 Å². The lowest BCUT2D eigenvalue weighted by Gasteiger charge is -2.24. The number of aliphatic hydroxyl groups excluding tert-OH is 1. The highest BCUT2D eigenvalue weighted by atomic mass is 79.9. The molecule has 23 heavy (non-hydrogen) atoms. The van der Waals surface area contributed by atoms with Crippen molar-refractivity contribution in [1.82, 2.24) is 5.32 Å². The van der Waals surface area contributed by atoms with Crippen LogP contribution >= 0.6 is 27.5 Å². The van der Waals surface area contributed by atoms with E-state index in [0.717, 1.165) is 21.3 Å². The van der Waals surface area contributed by atoms with Crippen LogP contribution in [0.1, 0.15) is 25.0 Å². The summed E-state index contributed by atoms with van der Waals surface area (Å²) in [5, 5.41) is 13.4. The van der Waals surface area contributed by atoms with Crippen molar-refractivity contribution in [2.75, 3.05) is 6.61 Å². The lowest BCUT2D eigenvalue weighted by atomic mass is 10.1. The maximum atomic E-state index is 9.36. The van der Waals surface area contributed by atoms with E-state index in [9.17, 15) is 5.11 Å². The Hall–Kier alpha value is -1.07. The van der Waals surface area contributed by atoms with E-state index in [1.807, 2.05) is 56.3 Å². The molecule has 0 aliphatic heterocycles. The van der Waals surface area contributed by atoms with Gasteiger partial charge in [0.15, 0.2) is 0 Å². The first-order valence-electron chi connectivity index (χ1n) is 7.41. The third-order valence-electron chi connectivity index (χ3n) is 3.46. The molecule has 124 valence electrons. The van der Waals surface area contributed by atoms with Gasteiger partial charge >= 0.3 is 0 Å². The number of halogens is 2. The molecule has 0 bridgehead atoms. The van der Waals surface area contributed by atoms with Gasteiger partial charge in [-0.2, -0.15) is 0 Å². The van der Waals surface area contributed by atoms with E-state index in [1.54, 1.807) is 0 Å². The van der Waals surface area contributed by atoms with Crippen LogP contribution in [0.5, 0.6) is 5.75 Å². The first-order chi connectivity index (χ1) is 10.9. The maximum absolute atomic E-state index is 9.36. The van der Waals surface area contributed by atoms with Gasteiger partial charge in [-0.25, -0.2) is 0 Å². The summed E-state index contributed by atoms with van der Waals surface area (Å²) in [6.45, 7) is 5.05. The van der Waals surface area contributed by atoms with Gasteiger partial charge in [-0.3, -0.25) is 0 Å². The van der Waals surface area contributed by atoms with Crippen molar-refractivity contribution < 1.29 is 9.84 Å². The minimum absolute atomic E-state index is 0.0692. The van der Waals surface area contributed by atoms with E-state index in [2.05, 4.69) is 21.2 Å². The summed E-state index contributed by atoms with van der Waals surface area (Å²) < 4.78 is 6.94. The average molecular weight is 399 g/mol. The van der Waals surface area contributed by atoms with E-state index < -0.39 is 0 Å². The van der Waals surface area contributed by atoms with Crippen LogP contribution in [-0.2, 0) is 13.2 Å². The zero-order valence-electron chi connectivity index (χ0n) is 13.3. The van der Waals surface area contributed by atoms with Crippen molar-refractivity contribution in [3.8, 4) is 5.75 Å². The van der Waals surface area contributed by atoms with Crippen molar-refractivity contribution in [1.29, 1.82) is 0 Å². The van der Waals surface area contributed by atoms with Crippen molar-refractivity contribution in [3.63, 3.8) is 0 Å². The van der Waals surface area contributed by atoms with Crippen molar-refractivity contribution in [2.45, 2.75) is 32.5 Å². The van der Waals surface area contributed by atoms with Crippen molar-refractivity contribution in [2.24, 2.45) is 0 Å². The highest BCUT2D eigenvalue weighted by Gasteiger charge is 2.16. The molecular formula is C18H21BrClNO2. The van der Waals surface area contributed by atoms with E-state index in [0.29, 0.717) is 18.2 Å². The molecule has 0 unspecified atom stereocenters. The second kappa shape index (κ2) is 8.15. The topological polar surface area (TPSA) is 41.5 Å². The third-order valence-corrected chi connectivity index (χ3v) is 4.19. The molecule has 0 saturated heterocycles. The Morgan fingerprint density at radius 3 is 2.70 bits per heavy atom. The summed E-state index contributed by atoms with van der Waals surface area (Å²) in [5.41, 5.74) is 1.71. The summed E-state index contributed by atoms with van der Waals surface area (Å²) in [6, 6.07) is 13.6. The van der Waals surface area contributed by atoms with Crippen LogP contribution in [0, 0.1) is 0 Å². The standard InChI is InChI=1S/C18H21BrClNO2/c1-18(2,12-22)21-10-14-9-15(19)6-7-17(14)23-11-13-4-3-5-16(20)8-13/h3-9,21-22H,10-12H2,1-2H3. The van der Waals surface area contributed by atoms with Gasteiger partial charge in [0.2, 0.25) is 0 Å². The number of hydrogen-bond donors (Lipinski definition) is 2. The minimum Gasteiger partial charge on any atom is -0.489 e. The summed E-state index contributed by atoms with van der Waals surface area (Å²) in [4.78, 5) is 0. The zero-order valence-corrected chi connectivity index (χ0v) is 15.6. The van der Waals surface area contributed by atoms with E-state index in [1.165, 1.54) is 0 Å².